The molecule has 1 rings (SSSR count). The van der Waals surface area contributed by atoms with E-state index in [2.05, 4.69) is 0 Å². The predicted octanol–water partition coefficient (Wildman–Crippen LogP) is 2.14. The minimum absolute atomic E-state index is 0.0670. The molecule has 0 spiro atoms. The number of nitrogens with zero attached hydrogens (tertiary/aromatic N) is 1. The quantitative estimate of drug-likeness (QED) is 0.494. The van der Waals surface area contributed by atoms with Crippen LogP contribution in [0, 0.1) is 15.9 Å². The van der Waals surface area contributed by atoms with E-state index in [0.29, 0.717) is 0 Å². The standard InChI is InChI=1S/C11H10FNO5/c1-7(11(14)15)4-5-18-10-3-2-8(13(16)17)6-9(10)12/h2-4,6H,5H2,1H3,(H,14,15). The number of aliphatic carboxylic acids is 1. The summed E-state index contributed by atoms with van der Waals surface area (Å²) in [4.78, 5) is 20.1. The van der Waals surface area contributed by atoms with Crippen molar-refractivity contribution < 1.29 is 24.0 Å². The number of carboxylic acid groups (broad SMARTS) is 1. The monoisotopic (exact) mass is 255 g/mol. The van der Waals surface area contributed by atoms with E-state index in [9.17, 15) is 19.3 Å². The highest BCUT2D eigenvalue weighted by Gasteiger charge is 2.11. The molecule has 0 aliphatic rings. The number of benzene rings is 1. The van der Waals surface area contributed by atoms with Gasteiger partial charge in [-0.3, -0.25) is 10.1 Å². The Hall–Kier alpha value is -2.44. The minimum atomic E-state index is -1.09. The summed E-state index contributed by atoms with van der Waals surface area (Å²) >= 11 is 0. The highest BCUT2D eigenvalue weighted by atomic mass is 19.1. The zero-order chi connectivity index (χ0) is 13.7. The van der Waals surface area contributed by atoms with Crippen molar-refractivity contribution in [2.75, 3.05) is 6.61 Å². The van der Waals surface area contributed by atoms with Crippen molar-refractivity contribution in [3.63, 3.8) is 0 Å². The topological polar surface area (TPSA) is 89.7 Å². The maximum absolute atomic E-state index is 13.3. The lowest BCUT2D eigenvalue weighted by atomic mass is 10.3. The van der Waals surface area contributed by atoms with Crippen molar-refractivity contribution in [3.8, 4) is 5.75 Å². The number of carbonyl (C=O) groups is 1. The molecular formula is C11H10FNO5. The number of rotatable bonds is 5. The highest BCUT2D eigenvalue weighted by Crippen LogP contribution is 2.22. The first-order valence-electron chi connectivity index (χ1n) is 4.88. The summed E-state index contributed by atoms with van der Waals surface area (Å²) in [6, 6.07) is 2.96. The summed E-state index contributed by atoms with van der Waals surface area (Å²) < 4.78 is 18.3. The zero-order valence-corrected chi connectivity index (χ0v) is 9.42. The van der Waals surface area contributed by atoms with Crippen LogP contribution >= 0.6 is 0 Å². The van der Waals surface area contributed by atoms with Crippen LogP contribution in [-0.2, 0) is 4.79 Å². The summed E-state index contributed by atoms with van der Waals surface area (Å²) in [5.41, 5.74) is -0.311. The van der Waals surface area contributed by atoms with Gasteiger partial charge >= 0.3 is 5.97 Å². The fourth-order valence-electron chi connectivity index (χ4n) is 1.06. The third-order valence-electron chi connectivity index (χ3n) is 2.09. The van der Waals surface area contributed by atoms with Gasteiger partial charge in [-0.2, -0.15) is 0 Å². The van der Waals surface area contributed by atoms with Gasteiger partial charge in [0, 0.05) is 11.6 Å². The van der Waals surface area contributed by atoms with Gasteiger partial charge in [0.1, 0.15) is 6.61 Å². The van der Waals surface area contributed by atoms with Crippen molar-refractivity contribution >= 4 is 11.7 Å². The van der Waals surface area contributed by atoms with E-state index in [-0.39, 0.29) is 23.6 Å². The van der Waals surface area contributed by atoms with Crippen LogP contribution in [0.4, 0.5) is 10.1 Å². The summed E-state index contributed by atoms with van der Waals surface area (Å²) in [6.07, 6.45) is 1.27. The van der Waals surface area contributed by atoms with Crippen LogP contribution in [0.2, 0.25) is 0 Å². The molecule has 0 heterocycles. The molecule has 0 fully saturated rings. The second-order valence-electron chi connectivity index (χ2n) is 3.38. The lowest BCUT2D eigenvalue weighted by Crippen LogP contribution is -2.02. The van der Waals surface area contributed by atoms with Gasteiger partial charge in [-0.05, 0) is 19.1 Å². The van der Waals surface area contributed by atoms with Gasteiger partial charge < -0.3 is 9.84 Å². The maximum Gasteiger partial charge on any atom is 0.331 e. The molecule has 7 heteroatoms. The van der Waals surface area contributed by atoms with E-state index in [1.165, 1.54) is 13.0 Å². The van der Waals surface area contributed by atoms with E-state index in [0.717, 1.165) is 18.2 Å². The summed E-state index contributed by atoms with van der Waals surface area (Å²) in [7, 11) is 0. The average Bonchev–Trinajstić information content (AvgIpc) is 2.30. The van der Waals surface area contributed by atoms with Gasteiger partial charge in [0.15, 0.2) is 11.6 Å². The number of carboxylic acids is 1. The Bertz CT molecular complexity index is 512. The Labute approximate surface area is 101 Å². The Balaban J connectivity index is 2.72. The molecule has 1 aromatic carbocycles. The van der Waals surface area contributed by atoms with Crippen molar-refractivity contribution in [1.29, 1.82) is 0 Å². The van der Waals surface area contributed by atoms with Crippen LogP contribution in [0.1, 0.15) is 6.92 Å². The van der Waals surface area contributed by atoms with Crippen LogP contribution in [0.15, 0.2) is 29.8 Å². The van der Waals surface area contributed by atoms with Crippen molar-refractivity contribution in [2.24, 2.45) is 0 Å². The Morgan fingerprint density at radius 3 is 2.78 bits per heavy atom. The molecule has 0 bridgehead atoms. The molecule has 0 aliphatic heterocycles. The van der Waals surface area contributed by atoms with Crippen LogP contribution in [0.3, 0.4) is 0 Å². The largest absolute Gasteiger partial charge is 0.486 e. The van der Waals surface area contributed by atoms with Crippen LogP contribution in [-0.4, -0.2) is 22.6 Å². The third-order valence-corrected chi connectivity index (χ3v) is 2.09. The number of halogens is 1. The molecule has 1 N–H and O–H groups in total. The van der Waals surface area contributed by atoms with Crippen molar-refractivity contribution in [2.45, 2.75) is 6.92 Å². The fourth-order valence-corrected chi connectivity index (χ4v) is 1.06. The molecule has 18 heavy (non-hydrogen) atoms. The fraction of sp³-hybridized carbons (Fsp3) is 0.182. The first kappa shape index (κ1) is 13.6. The smallest absolute Gasteiger partial charge is 0.331 e. The SMILES string of the molecule is CC(=CCOc1ccc([N+](=O)[O-])cc1F)C(=O)O. The molecule has 0 aliphatic carbocycles. The Morgan fingerprint density at radius 2 is 2.28 bits per heavy atom. The molecule has 0 saturated carbocycles. The molecule has 0 atom stereocenters. The summed E-state index contributed by atoms with van der Waals surface area (Å²) in [5, 5.41) is 18.9. The van der Waals surface area contributed by atoms with Crippen molar-refractivity contribution in [1.82, 2.24) is 0 Å². The van der Waals surface area contributed by atoms with Gasteiger partial charge in [-0.1, -0.05) is 0 Å². The average molecular weight is 255 g/mol. The third kappa shape index (κ3) is 3.55. The molecule has 1 aromatic rings. The lowest BCUT2D eigenvalue weighted by molar-refractivity contribution is -0.385. The lowest BCUT2D eigenvalue weighted by Gasteiger charge is -2.04. The molecule has 0 aromatic heterocycles. The molecular weight excluding hydrogens is 245 g/mol. The second kappa shape index (κ2) is 5.76. The van der Waals surface area contributed by atoms with Crippen LogP contribution in [0.25, 0.3) is 0 Å². The summed E-state index contributed by atoms with van der Waals surface area (Å²) in [5.74, 6) is -2.14. The first-order valence-corrected chi connectivity index (χ1v) is 4.88. The van der Waals surface area contributed by atoms with E-state index in [4.69, 9.17) is 9.84 Å². The maximum atomic E-state index is 13.3. The van der Waals surface area contributed by atoms with E-state index in [1.54, 1.807) is 0 Å². The van der Waals surface area contributed by atoms with Gasteiger partial charge in [0.2, 0.25) is 0 Å². The number of non-ortho nitro benzene ring substituents is 1. The second-order valence-corrected chi connectivity index (χ2v) is 3.38. The normalized spacial score (nSPS) is 11.1. The van der Waals surface area contributed by atoms with E-state index in [1.807, 2.05) is 0 Å². The van der Waals surface area contributed by atoms with E-state index < -0.39 is 16.7 Å². The Kier molecular flexibility index (Phi) is 4.36. The molecule has 0 unspecified atom stereocenters. The number of nitro groups is 1. The van der Waals surface area contributed by atoms with Gasteiger partial charge in [0.25, 0.3) is 5.69 Å². The number of ether oxygens (including phenoxy) is 1. The number of hydrogen-bond acceptors (Lipinski definition) is 4. The number of nitro benzene ring substituents is 1. The highest BCUT2D eigenvalue weighted by molar-refractivity contribution is 5.85. The first-order chi connectivity index (χ1) is 8.41. The van der Waals surface area contributed by atoms with E-state index >= 15 is 0 Å². The van der Waals surface area contributed by atoms with Crippen LogP contribution < -0.4 is 4.74 Å². The van der Waals surface area contributed by atoms with Crippen molar-refractivity contribution in [3.05, 3.63) is 45.8 Å². The van der Waals surface area contributed by atoms with Gasteiger partial charge in [-0.15, -0.1) is 0 Å². The molecule has 0 amide bonds. The predicted molar refractivity (Wildman–Crippen MR) is 59.9 cm³/mol. The molecule has 0 saturated heterocycles. The zero-order valence-electron chi connectivity index (χ0n) is 9.42. The van der Waals surface area contributed by atoms with Gasteiger partial charge in [-0.25, -0.2) is 9.18 Å². The summed E-state index contributed by atoms with van der Waals surface area (Å²) in [6.45, 7) is 1.24. The molecule has 0 radical (unpaired) electrons. The minimum Gasteiger partial charge on any atom is -0.486 e. The van der Waals surface area contributed by atoms with Gasteiger partial charge in [0.05, 0.1) is 11.0 Å². The molecule has 6 nitrogen and oxygen atoms in total. The van der Waals surface area contributed by atoms with Crippen LogP contribution in [0.5, 0.6) is 5.75 Å². The Morgan fingerprint density at radius 1 is 1.61 bits per heavy atom. The molecule has 96 valence electrons. The number of hydrogen-bond donors (Lipinski definition) is 1.